The molecule has 0 radical (unpaired) electrons. The lowest BCUT2D eigenvalue weighted by molar-refractivity contribution is -0.117. The van der Waals surface area contributed by atoms with Crippen LogP contribution in [-0.4, -0.2) is 23.4 Å². The molecule has 0 unspecified atom stereocenters. The summed E-state index contributed by atoms with van der Waals surface area (Å²) in [4.78, 5) is 42.8. The van der Waals surface area contributed by atoms with E-state index < -0.39 is 0 Å². The van der Waals surface area contributed by atoms with Crippen molar-refractivity contribution in [3.63, 3.8) is 0 Å². The molecule has 6 heteroatoms. The van der Waals surface area contributed by atoms with Crippen molar-refractivity contribution < 1.29 is 14.4 Å². The molecule has 3 amide bonds. The SMILES string of the molecule is CC(CC(=O)N=C1C=CC(=C(c2ccc(NC(=O)CC(C)=C3C=CC=C3)cc2)c2ccc(NC(=O)CC(C)=C3C=CC=C3)cc2)C=C1)=C1C=CC=C1. The van der Waals surface area contributed by atoms with Gasteiger partial charge < -0.3 is 10.6 Å². The van der Waals surface area contributed by atoms with Gasteiger partial charge in [0, 0.05) is 24.2 Å². The van der Waals surface area contributed by atoms with Crippen LogP contribution >= 0.6 is 0 Å². The predicted octanol–water partition coefficient (Wildman–Crippen LogP) is 9.96. The van der Waals surface area contributed by atoms with Crippen molar-refractivity contribution in [2.75, 3.05) is 10.6 Å². The van der Waals surface area contributed by atoms with E-state index in [0.717, 1.165) is 55.7 Å². The highest BCUT2D eigenvalue weighted by molar-refractivity contribution is 6.11. The molecule has 0 spiro atoms. The second-order valence-electron chi connectivity index (χ2n) is 13.1. The fourth-order valence-corrected chi connectivity index (χ4v) is 6.23. The Bertz CT molecular complexity index is 2040. The van der Waals surface area contributed by atoms with Crippen LogP contribution in [0.3, 0.4) is 0 Å². The number of aliphatic imine (C=N–C) groups is 1. The molecule has 6 rings (SSSR count). The maximum atomic E-state index is 12.8. The molecule has 0 saturated carbocycles. The van der Waals surface area contributed by atoms with Crippen LogP contribution in [0.15, 0.2) is 190 Å². The summed E-state index contributed by atoms with van der Waals surface area (Å²) in [6, 6.07) is 15.6. The van der Waals surface area contributed by atoms with E-state index in [2.05, 4.69) is 15.6 Å². The largest absolute Gasteiger partial charge is 0.326 e. The fraction of sp³-hybridized carbons (Fsp3) is 0.130. The molecule has 0 atom stereocenters. The molecule has 0 saturated heterocycles. The maximum absolute atomic E-state index is 12.8. The predicted molar refractivity (Wildman–Crippen MR) is 214 cm³/mol. The van der Waals surface area contributed by atoms with Gasteiger partial charge in [0.2, 0.25) is 17.7 Å². The number of nitrogens with one attached hydrogen (secondary N) is 2. The summed E-state index contributed by atoms with van der Waals surface area (Å²) in [6.07, 6.45) is 32.3. The van der Waals surface area contributed by atoms with Crippen LogP contribution in [0.5, 0.6) is 0 Å². The average Bonchev–Trinajstić information content (AvgIpc) is 3.95. The first kappa shape index (κ1) is 35.4. The standard InChI is InChI=1S/C46H41N3O3/c1-31(34-10-4-5-11-34)28-43(50)47-40-22-16-37(17-23-40)46(38-18-24-41(25-19-38)48-44(51)29-32(2)35-12-6-7-13-35)39-20-26-42(27-21-39)49-45(52)30-33(3)36-14-8-9-15-36/h4-27H,28-30H2,1-3H3,(H,47,50)(H,48,51). The van der Waals surface area contributed by atoms with E-state index in [-0.39, 0.29) is 24.1 Å². The first-order valence-corrected chi connectivity index (χ1v) is 17.4. The number of carbonyl (C=O) groups is 3. The van der Waals surface area contributed by atoms with E-state index in [9.17, 15) is 14.4 Å². The first-order chi connectivity index (χ1) is 25.2. The first-order valence-electron chi connectivity index (χ1n) is 17.4. The molecule has 0 bridgehead atoms. The number of hydrogen-bond donors (Lipinski definition) is 2. The fourth-order valence-electron chi connectivity index (χ4n) is 6.23. The topological polar surface area (TPSA) is 87.6 Å². The van der Waals surface area contributed by atoms with Crippen molar-refractivity contribution >= 4 is 40.4 Å². The van der Waals surface area contributed by atoms with Gasteiger partial charge in [-0.2, -0.15) is 0 Å². The van der Waals surface area contributed by atoms with E-state index in [1.807, 2.05) is 167 Å². The molecule has 4 aliphatic rings. The molecule has 6 nitrogen and oxygen atoms in total. The lowest BCUT2D eigenvalue weighted by atomic mass is 9.90. The average molecular weight is 684 g/mol. The van der Waals surface area contributed by atoms with Crippen molar-refractivity contribution in [1.29, 1.82) is 0 Å². The summed E-state index contributed by atoms with van der Waals surface area (Å²) >= 11 is 0. The molecule has 0 aliphatic heterocycles. The van der Waals surface area contributed by atoms with E-state index in [1.165, 1.54) is 0 Å². The monoisotopic (exact) mass is 683 g/mol. The number of carbonyl (C=O) groups excluding carboxylic acids is 3. The summed E-state index contributed by atoms with van der Waals surface area (Å²) in [5, 5.41) is 6.04. The van der Waals surface area contributed by atoms with Crippen molar-refractivity contribution in [3.05, 3.63) is 196 Å². The van der Waals surface area contributed by atoms with Gasteiger partial charge in [0.15, 0.2) is 0 Å². The van der Waals surface area contributed by atoms with E-state index in [0.29, 0.717) is 29.9 Å². The van der Waals surface area contributed by atoms with Gasteiger partial charge in [0.25, 0.3) is 0 Å². The van der Waals surface area contributed by atoms with Crippen LogP contribution in [-0.2, 0) is 14.4 Å². The smallest absolute Gasteiger partial charge is 0.250 e. The number of rotatable bonds is 10. The van der Waals surface area contributed by atoms with Gasteiger partial charge in [0.05, 0.1) is 12.1 Å². The van der Waals surface area contributed by atoms with E-state index in [4.69, 9.17) is 0 Å². The normalized spacial score (nSPS) is 14.9. The minimum absolute atomic E-state index is 0.0766. The molecule has 2 aromatic rings. The summed E-state index contributed by atoms with van der Waals surface area (Å²) in [5.41, 5.74) is 11.9. The van der Waals surface area contributed by atoms with Crippen molar-refractivity contribution in [1.82, 2.24) is 0 Å². The zero-order valence-electron chi connectivity index (χ0n) is 29.6. The van der Waals surface area contributed by atoms with Gasteiger partial charge in [-0.15, -0.1) is 0 Å². The zero-order chi connectivity index (χ0) is 36.5. The van der Waals surface area contributed by atoms with Gasteiger partial charge in [0.1, 0.15) is 0 Å². The van der Waals surface area contributed by atoms with Gasteiger partial charge in [-0.25, -0.2) is 4.99 Å². The minimum atomic E-state index is -0.198. The Balaban J connectivity index is 1.22. The number of hydrogen-bond acceptors (Lipinski definition) is 3. The van der Waals surface area contributed by atoms with Crippen LogP contribution in [0.25, 0.3) is 5.57 Å². The molecule has 0 fully saturated rings. The van der Waals surface area contributed by atoms with E-state index in [1.54, 1.807) is 0 Å². The lowest BCUT2D eigenvalue weighted by Crippen LogP contribution is -2.12. The summed E-state index contributed by atoms with van der Waals surface area (Å²) in [7, 11) is 0. The third-order valence-corrected chi connectivity index (χ3v) is 9.06. The molecule has 2 N–H and O–H groups in total. The maximum Gasteiger partial charge on any atom is 0.250 e. The van der Waals surface area contributed by atoms with Crippen LogP contribution in [0, 0.1) is 0 Å². The number of anilines is 2. The highest BCUT2D eigenvalue weighted by atomic mass is 16.2. The van der Waals surface area contributed by atoms with Crippen LogP contribution in [0.2, 0.25) is 0 Å². The van der Waals surface area contributed by atoms with Gasteiger partial charge >= 0.3 is 0 Å². The summed E-state index contributed by atoms with van der Waals surface area (Å²) in [5.74, 6) is -0.351. The lowest BCUT2D eigenvalue weighted by Gasteiger charge is -2.16. The molecule has 0 heterocycles. The molecule has 4 aliphatic carbocycles. The molecule has 2 aromatic carbocycles. The highest BCUT2D eigenvalue weighted by Gasteiger charge is 2.15. The number of benzene rings is 2. The van der Waals surface area contributed by atoms with Crippen molar-refractivity contribution in [3.8, 4) is 0 Å². The zero-order valence-corrected chi connectivity index (χ0v) is 29.6. The number of amides is 3. The third-order valence-electron chi connectivity index (χ3n) is 9.06. The Hall–Kier alpha value is -6.40. The summed E-state index contributed by atoms with van der Waals surface area (Å²) in [6.45, 7) is 5.90. The molecule has 0 aromatic heterocycles. The van der Waals surface area contributed by atoms with Crippen LogP contribution in [0.1, 0.15) is 51.2 Å². The Morgan fingerprint density at radius 3 is 1.21 bits per heavy atom. The van der Waals surface area contributed by atoms with Crippen LogP contribution < -0.4 is 10.6 Å². The third kappa shape index (κ3) is 9.23. The molecular weight excluding hydrogens is 643 g/mol. The van der Waals surface area contributed by atoms with Gasteiger partial charge in [-0.3, -0.25) is 14.4 Å². The minimum Gasteiger partial charge on any atom is -0.326 e. The molecular formula is C46H41N3O3. The Labute approximate surface area is 305 Å². The van der Waals surface area contributed by atoms with Gasteiger partial charge in [-0.05, 0) is 96.2 Å². The Morgan fingerprint density at radius 2 is 0.827 bits per heavy atom. The number of nitrogens with zero attached hydrogens (tertiary/aromatic N) is 1. The second kappa shape index (κ2) is 16.5. The van der Waals surface area contributed by atoms with Crippen molar-refractivity contribution in [2.24, 2.45) is 4.99 Å². The molecule has 258 valence electrons. The van der Waals surface area contributed by atoms with Crippen molar-refractivity contribution in [2.45, 2.75) is 40.0 Å². The molecule has 52 heavy (non-hydrogen) atoms. The number of allylic oxidation sites excluding steroid dienone is 20. The van der Waals surface area contributed by atoms with E-state index >= 15 is 0 Å². The summed E-state index contributed by atoms with van der Waals surface area (Å²) < 4.78 is 0. The highest BCUT2D eigenvalue weighted by Crippen LogP contribution is 2.32. The Kier molecular flexibility index (Phi) is 11.3. The second-order valence-corrected chi connectivity index (χ2v) is 13.1. The van der Waals surface area contributed by atoms with Gasteiger partial charge in [-0.1, -0.05) is 126 Å². The Morgan fingerprint density at radius 1 is 0.462 bits per heavy atom. The van der Waals surface area contributed by atoms with Crippen LogP contribution in [0.4, 0.5) is 11.4 Å². The quantitative estimate of drug-likeness (QED) is 0.261.